The van der Waals surface area contributed by atoms with E-state index in [1.807, 2.05) is 61.5 Å². The normalized spacial score (nSPS) is 10.6. The van der Waals surface area contributed by atoms with E-state index in [9.17, 15) is 4.79 Å². The summed E-state index contributed by atoms with van der Waals surface area (Å²) >= 11 is 1.52. The molecule has 0 saturated heterocycles. The summed E-state index contributed by atoms with van der Waals surface area (Å²) in [6, 6.07) is 18.4. The quantitative estimate of drug-likeness (QED) is 0.478. The molecule has 7 heteroatoms. The van der Waals surface area contributed by atoms with Gasteiger partial charge in [-0.3, -0.25) is 0 Å². The van der Waals surface area contributed by atoms with Crippen LogP contribution in [0.5, 0.6) is 5.75 Å². The van der Waals surface area contributed by atoms with Crippen LogP contribution < -0.4 is 15.4 Å². The number of urea groups is 1. The topological polar surface area (TPSA) is 76.1 Å². The number of fused-ring (bicyclic) bond motifs is 1. The van der Waals surface area contributed by atoms with Gasteiger partial charge >= 0.3 is 6.03 Å². The number of thiazole rings is 1. The molecule has 2 N–H and O–H groups in total. The van der Waals surface area contributed by atoms with Gasteiger partial charge in [-0.1, -0.05) is 35.6 Å². The van der Waals surface area contributed by atoms with Crippen LogP contribution >= 0.6 is 11.3 Å². The van der Waals surface area contributed by atoms with Crippen LogP contribution in [0.2, 0.25) is 0 Å². The molecule has 2 heterocycles. The minimum Gasteiger partial charge on any atom is -0.492 e. The van der Waals surface area contributed by atoms with Crippen molar-refractivity contribution in [2.75, 3.05) is 17.2 Å². The van der Waals surface area contributed by atoms with Gasteiger partial charge in [0.2, 0.25) is 0 Å². The van der Waals surface area contributed by atoms with Crippen LogP contribution in [0.15, 0.2) is 66.9 Å². The maximum absolute atomic E-state index is 12.4. The predicted octanol–water partition coefficient (Wildman–Crippen LogP) is 5.40. The van der Waals surface area contributed by atoms with Gasteiger partial charge in [0.05, 0.1) is 12.3 Å². The molecule has 4 aromatic rings. The standard InChI is InChI=1S/C21H18N4O2S/c1-2-27-18-11-4-3-9-16(18)25-21(26)23-15-8-5-7-14(13-15)19-24-17-10-6-12-22-20(17)28-19/h3-13H,2H2,1H3,(H2,23,25,26). The lowest BCUT2D eigenvalue weighted by Gasteiger charge is -2.12. The number of amides is 2. The SMILES string of the molecule is CCOc1ccccc1NC(=O)Nc1cccc(-c2nc3cccnc3s2)c1. The van der Waals surface area contributed by atoms with Crippen LogP contribution in [-0.2, 0) is 0 Å². The number of benzene rings is 2. The molecule has 0 aliphatic carbocycles. The van der Waals surface area contributed by atoms with Gasteiger partial charge in [-0.2, -0.15) is 0 Å². The summed E-state index contributed by atoms with van der Waals surface area (Å²) in [7, 11) is 0. The van der Waals surface area contributed by atoms with Gasteiger partial charge in [-0.25, -0.2) is 14.8 Å². The van der Waals surface area contributed by atoms with Gasteiger partial charge < -0.3 is 15.4 Å². The summed E-state index contributed by atoms with van der Waals surface area (Å²) in [5, 5.41) is 6.55. The van der Waals surface area contributed by atoms with E-state index in [0.717, 1.165) is 20.9 Å². The van der Waals surface area contributed by atoms with Crippen LogP contribution in [-0.4, -0.2) is 22.6 Å². The number of hydrogen-bond acceptors (Lipinski definition) is 5. The van der Waals surface area contributed by atoms with Gasteiger partial charge in [-0.05, 0) is 43.3 Å². The average Bonchev–Trinajstić information content (AvgIpc) is 3.14. The minimum absolute atomic E-state index is 0.338. The number of nitrogens with zero attached hydrogens (tertiary/aromatic N) is 2. The lowest BCUT2D eigenvalue weighted by atomic mass is 10.2. The predicted molar refractivity (Wildman–Crippen MR) is 113 cm³/mol. The third kappa shape index (κ3) is 3.94. The fraction of sp³-hybridized carbons (Fsp3) is 0.0952. The lowest BCUT2D eigenvalue weighted by molar-refractivity contribution is 0.262. The Bertz CT molecular complexity index is 1090. The molecule has 0 aliphatic heterocycles. The van der Waals surface area contributed by atoms with Crippen molar-refractivity contribution in [1.82, 2.24) is 9.97 Å². The Morgan fingerprint density at radius 3 is 2.82 bits per heavy atom. The first-order valence-corrected chi connectivity index (χ1v) is 9.66. The van der Waals surface area contributed by atoms with Gasteiger partial charge in [0, 0.05) is 17.4 Å². The van der Waals surface area contributed by atoms with Crippen LogP contribution in [0.4, 0.5) is 16.2 Å². The first-order chi connectivity index (χ1) is 13.7. The number of ether oxygens (including phenoxy) is 1. The Morgan fingerprint density at radius 2 is 1.96 bits per heavy atom. The van der Waals surface area contributed by atoms with Crippen LogP contribution in [0.25, 0.3) is 20.9 Å². The number of carbonyl (C=O) groups is 1. The minimum atomic E-state index is -0.338. The van der Waals surface area contributed by atoms with E-state index in [-0.39, 0.29) is 6.03 Å². The molecule has 6 nitrogen and oxygen atoms in total. The van der Waals surface area contributed by atoms with E-state index in [0.29, 0.717) is 23.7 Å². The van der Waals surface area contributed by atoms with E-state index in [2.05, 4.69) is 20.6 Å². The van der Waals surface area contributed by atoms with Crippen molar-refractivity contribution in [2.24, 2.45) is 0 Å². The van der Waals surface area contributed by atoms with Crippen LogP contribution in [0.1, 0.15) is 6.92 Å². The van der Waals surface area contributed by atoms with Crippen molar-refractivity contribution in [3.63, 3.8) is 0 Å². The van der Waals surface area contributed by atoms with E-state index in [4.69, 9.17) is 4.74 Å². The molecule has 2 aromatic heterocycles. The van der Waals surface area contributed by atoms with Gasteiger partial charge in [0.1, 0.15) is 21.1 Å². The van der Waals surface area contributed by atoms with Crippen molar-refractivity contribution in [2.45, 2.75) is 6.92 Å². The van der Waals surface area contributed by atoms with Gasteiger partial charge in [0.15, 0.2) is 0 Å². The molecule has 2 amide bonds. The molecular weight excluding hydrogens is 372 g/mol. The molecule has 0 unspecified atom stereocenters. The fourth-order valence-corrected chi connectivity index (χ4v) is 3.66. The Labute approximate surface area is 166 Å². The number of para-hydroxylation sites is 2. The Kier molecular flexibility index (Phi) is 5.16. The first kappa shape index (κ1) is 17.9. The second-order valence-electron chi connectivity index (χ2n) is 5.94. The molecule has 0 spiro atoms. The molecular formula is C21H18N4O2S. The maximum Gasteiger partial charge on any atom is 0.323 e. The van der Waals surface area contributed by atoms with Crippen molar-refractivity contribution in [3.8, 4) is 16.3 Å². The largest absolute Gasteiger partial charge is 0.492 e. The molecule has 0 saturated carbocycles. The second-order valence-corrected chi connectivity index (χ2v) is 6.91. The van der Waals surface area contributed by atoms with Crippen molar-refractivity contribution >= 4 is 39.1 Å². The smallest absolute Gasteiger partial charge is 0.323 e. The summed E-state index contributed by atoms with van der Waals surface area (Å²) in [6.07, 6.45) is 1.76. The summed E-state index contributed by atoms with van der Waals surface area (Å²) in [5.74, 6) is 0.635. The maximum atomic E-state index is 12.4. The Morgan fingerprint density at radius 1 is 1.07 bits per heavy atom. The monoisotopic (exact) mass is 390 g/mol. The third-order valence-electron chi connectivity index (χ3n) is 3.97. The summed E-state index contributed by atoms with van der Waals surface area (Å²) in [4.78, 5) is 22.3. The summed E-state index contributed by atoms with van der Waals surface area (Å²) in [5.41, 5.74) is 3.09. The van der Waals surface area contributed by atoms with Gasteiger partial charge in [0.25, 0.3) is 0 Å². The zero-order valence-electron chi connectivity index (χ0n) is 15.2. The Hall–Kier alpha value is -3.45. The number of hydrogen-bond donors (Lipinski definition) is 2. The average molecular weight is 390 g/mol. The summed E-state index contributed by atoms with van der Waals surface area (Å²) < 4.78 is 5.54. The molecule has 28 heavy (non-hydrogen) atoms. The third-order valence-corrected chi connectivity index (χ3v) is 5.00. The highest BCUT2D eigenvalue weighted by molar-refractivity contribution is 7.21. The summed E-state index contributed by atoms with van der Waals surface area (Å²) in [6.45, 7) is 2.43. The number of nitrogens with one attached hydrogen (secondary N) is 2. The zero-order chi connectivity index (χ0) is 19.3. The molecule has 0 bridgehead atoms. The van der Waals surface area contributed by atoms with E-state index >= 15 is 0 Å². The van der Waals surface area contributed by atoms with E-state index in [1.54, 1.807) is 12.3 Å². The van der Waals surface area contributed by atoms with Crippen molar-refractivity contribution < 1.29 is 9.53 Å². The highest BCUT2D eigenvalue weighted by atomic mass is 32.1. The number of carbonyl (C=O) groups excluding carboxylic acids is 1. The molecule has 0 fully saturated rings. The highest BCUT2D eigenvalue weighted by Crippen LogP contribution is 2.30. The molecule has 2 aromatic carbocycles. The van der Waals surface area contributed by atoms with E-state index in [1.165, 1.54) is 11.3 Å². The number of aromatic nitrogens is 2. The Balaban J connectivity index is 1.51. The van der Waals surface area contributed by atoms with Crippen LogP contribution in [0.3, 0.4) is 0 Å². The van der Waals surface area contributed by atoms with Crippen molar-refractivity contribution in [1.29, 1.82) is 0 Å². The zero-order valence-corrected chi connectivity index (χ0v) is 16.0. The molecule has 140 valence electrons. The first-order valence-electron chi connectivity index (χ1n) is 8.85. The molecule has 0 radical (unpaired) electrons. The number of rotatable bonds is 5. The van der Waals surface area contributed by atoms with Crippen molar-refractivity contribution in [3.05, 3.63) is 66.9 Å². The van der Waals surface area contributed by atoms with Gasteiger partial charge in [-0.15, -0.1) is 0 Å². The van der Waals surface area contributed by atoms with E-state index < -0.39 is 0 Å². The molecule has 4 rings (SSSR count). The lowest BCUT2D eigenvalue weighted by Crippen LogP contribution is -2.19. The highest BCUT2D eigenvalue weighted by Gasteiger charge is 2.10. The fourth-order valence-electron chi connectivity index (χ4n) is 2.76. The second kappa shape index (κ2) is 8.06. The number of pyridine rings is 1. The molecule has 0 aliphatic rings. The molecule has 0 atom stereocenters. The van der Waals surface area contributed by atoms with Crippen LogP contribution in [0, 0.1) is 0 Å². The number of anilines is 2.